The first-order valence-electron chi connectivity index (χ1n) is 9.05. The van der Waals surface area contributed by atoms with Crippen LogP contribution in [0.5, 0.6) is 0 Å². The number of sulfone groups is 1. The number of hydrogen-bond donors (Lipinski definition) is 2. The minimum absolute atomic E-state index is 0.0192. The number of anilines is 2. The van der Waals surface area contributed by atoms with E-state index < -0.39 is 9.84 Å². The van der Waals surface area contributed by atoms with Crippen LogP contribution < -0.4 is 16.0 Å². The number of carbonyl (C=O) groups is 1. The number of benzene rings is 1. The molecule has 4 unspecified atom stereocenters. The summed E-state index contributed by atoms with van der Waals surface area (Å²) in [6.07, 6.45) is 3.35. The molecule has 7 heteroatoms. The van der Waals surface area contributed by atoms with Gasteiger partial charge in [-0.25, -0.2) is 8.42 Å². The van der Waals surface area contributed by atoms with Gasteiger partial charge in [0.15, 0.2) is 9.84 Å². The minimum Gasteiger partial charge on any atom is -0.369 e. The van der Waals surface area contributed by atoms with Crippen molar-refractivity contribution in [3.8, 4) is 0 Å². The number of amides is 1. The molecule has 1 amide bonds. The largest absolute Gasteiger partial charge is 0.369 e. The normalized spacial score (nSPS) is 33.4. The average Bonchev–Trinajstić information content (AvgIpc) is 3.16. The van der Waals surface area contributed by atoms with Crippen LogP contribution in [0.3, 0.4) is 0 Å². The molecule has 0 spiro atoms. The van der Waals surface area contributed by atoms with Crippen LogP contribution >= 0.6 is 0 Å². The van der Waals surface area contributed by atoms with Crippen LogP contribution in [-0.4, -0.2) is 45.0 Å². The summed E-state index contributed by atoms with van der Waals surface area (Å²) < 4.78 is 23.2. The molecule has 0 aromatic heterocycles. The SMILES string of the molecule is NC1C2CCC(C2)C1C(=O)Nc1cccc(N2CCS(=O)(=O)CC2)c1. The van der Waals surface area contributed by atoms with Crippen molar-refractivity contribution in [2.24, 2.45) is 23.5 Å². The van der Waals surface area contributed by atoms with Gasteiger partial charge in [-0.05, 0) is 49.3 Å². The first-order chi connectivity index (χ1) is 11.9. The van der Waals surface area contributed by atoms with Crippen LogP contribution in [0.25, 0.3) is 0 Å². The van der Waals surface area contributed by atoms with E-state index in [9.17, 15) is 13.2 Å². The summed E-state index contributed by atoms with van der Waals surface area (Å²) in [4.78, 5) is 14.8. The molecule has 3 fully saturated rings. The van der Waals surface area contributed by atoms with Gasteiger partial charge in [-0.15, -0.1) is 0 Å². The number of nitrogens with two attached hydrogens (primary N) is 1. The fourth-order valence-corrected chi connectivity index (χ4v) is 5.90. The van der Waals surface area contributed by atoms with Gasteiger partial charge in [0.05, 0.1) is 17.4 Å². The molecule has 4 atom stereocenters. The zero-order valence-electron chi connectivity index (χ0n) is 14.2. The Hall–Kier alpha value is -1.60. The molecule has 25 heavy (non-hydrogen) atoms. The van der Waals surface area contributed by atoms with Gasteiger partial charge in [0, 0.05) is 30.5 Å². The van der Waals surface area contributed by atoms with Gasteiger partial charge in [0.1, 0.15) is 0 Å². The Morgan fingerprint density at radius 2 is 1.88 bits per heavy atom. The fourth-order valence-electron chi connectivity index (χ4n) is 4.70. The van der Waals surface area contributed by atoms with Crippen molar-refractivity contribution in [2.75, 3.05) is 34.8 Å². The van der Waals surface area contributed by atoms with Crippen LogP contribution in [0.15, 0.2) is 24.3 Å². The molecule has 3 N–H and O–H groups in total. The summed E-state index contributed by atoms with van der Waals surface area (Å²) >= 11 is 0. The maximum Gasteiger partial charge on any atom is 0.229 e. The van der Waals surface area contributed by atoms with E-state index in [-0.39, 0.29) is 29.4 Å². The summed E-state index contributed by atoms with van der Waals surface area (Å²) in [5.41, 5.74) is 7.97. The molecule has 1 heterocycles. The molecule has 6 nitrogen and oxygen atoms in total. The maximum absolute atomic E-state index is 12.7. The predicted octanol–water partition coefficient (Wildman–Crippen LogP) is 1.23. The van der Waals surface area contributed by atoms with Crippen molar-refractivity contribution in [2.45, 2.75) is 25.3 Å². The summed E-state index contributed by atoms with van der Waals surface area (Å²) in [7, 11) is -2.90. The Morgan fingerprint density at radius 3 is 2.56 bits per heavy atom. The van der Waals surface area contributed by atoms with E-state index in [4.69, 9.17) is 5.73 Å². The average molecular weight is 363 g/mol. The highest BCUT2D eigenvalue weighted by Gasteiger charge is 2.49. The lowest BCUT2D eigenvalue weighted by Crippen LogP contribution is -2.42. The smallest absolute Gasteiger partial charge is 0.229 e. The van der Waals surface area contributed by atoms with Crippen molar-refractivity contribution < 1.29 is 13.2 Å². The zero-order chi connectivity index (χ0) is 17.6. The Balaban J connectivity index is 1.44. The van der Waals surface area contributed by atoms with Gasteiger partial charge in [-0.1, -0.05) is 6.07 Å². The van der Waals surface area contributed by atoms with E-state index in [1.807, 2.05) is 24.3 Å². The van der Waals surface area contributed by atoms with Crippen LogP contribution in [0.1, 0.15) is 19.3 Å². The molecule has 1 saturated heterocycles. The first kappa shape index (κ1) is 16.8. The standard InChI is InChI=1S/C18H25N3O3S/c19-17-13-5-4-12(10-13)16(17)18(22)20-14-2-1-3-15(11-14)21-6-8-25(23,24)9-7-21/h1-3,11-13,16-17H,4-10,19H2,(H,20,22). The van der Waals surface area contributed by atoms with Gasteiger partial charge in [-0.3, -0.25) is 4.79 Å². The summed E-state index contributed by atoms with van der Waals surface area (Å²) in [6, 6.07) is 7.63. The van der Waals surface area contributed by atoms with Gasteiger partial charge in [-0.2, -0.15) is 0 Å². The van der Waals surface area contributed by atoms with Crippen LogP contribution in [0.2, 0.25) is 0 Å². The van der Waals surface area contributed by atoms with Crippen molar-refractivity contribution in [3.63, 3.8) is 0 Å². The summed E-state index contributed by atoms with van der Waals surface area (Å²) in [5.74, 6) is 1.24. The van der Waals surface area contributed by atoms with Crippen molar-refractivity contribution in [1.29, 1.82) is 0 Å². The molecular formula is C18H25N3O3S. The zero-order valence-corrected chi connectivity index (χ0v) is 15.0. The van der Waals surface area contributed by atoms with Crippen LogP contribution in [0.4, 0.5) is 11.4 Å². The van der Waals surface area contributed by atoms with E-state index in [0.717, 1.165) is 30.6 Å². The minimum atomic E-state index is -2.90. The number of nitrogens with one attached hydrogen (secondary N) is 1. The van der Waals surface area contributed by atoms with E-state index in [0.29, 0.717) is 24.9 Å². The third-order valence-corrected chi connectivity index (χ3v) is 7.72. The quantitative estimate of drug-likeness (QED) is 0.843. The second-order valence-electron chi connectivity index (χ2n) is 7.61. The third kappa shape index (κ3) is 3.27. The molecule has 136 valence electrons. The van der Waals surface area contributed by atoms with Gasteiger partial charge < -0.3 is 16.0 Å². The number of rotatable bonds is 3. The van der Waals surface area contributed by atoms with Gasteiger partial charge >= 0.3 is 0 Å². The highest BCUT2D eigenvalue weighted by atomic mass is 32.2. The molecule has 1 aliphatic heterocycles. The number of nitrogens with zero attached hydrogens (tertiary/aromatic N) is 1. The van der Waals surface area contributed by atoms with Crippen molar-refractivity contribution >= 4 is 27.1 Å². The Morgan fingerprint density at radius 1 is 1.16 bits per heavy atom. The molecule has 3 aliphatic rings. The van der Waals surface area contributed by atoms with Crippen molar-refractivity contribution in [3.05, 3.63) is 24.3 Å². The maximum atomic E-state index is 12.7. The molecular weight excluding hydrogens is 338 g/mol. The summed E-state index contributed by atoms with van der Waals surface area (Å²) in [5, 5.41) is 3.03. The van der Waals surface area contributed by atoms with Gasteiger partial charge in [0.2, 0.25) is 5.91 Å². The first-order valence-corrected chi connectivity index (χ1v) is 10.9. The predicted molar refractivity (Wildman–Crippen MR) is 98.2 cm³/mol. The lowest BCUT2D eigenvalue weighted by molar-refractivity contribution is -0.121. The topological polar surface area (TPSA) is 92.5 Å². The second kappa shape index (κ2) is 6.29. The molecule has 1 aromatic rings. The van der Waals surface area contributed by atoms with E-state index in [1.165, 1.54) is 0 Å². The lowest BCUT2D eigenvalue weighted by atomic mass is 9.84. The van der Waals surface area contributed by atoms with E-state index >= 15 is 0 Å². The molecule has 1 aromatic carbocycles. The Labute approximate surface area is 148 Å². The monoisotopic (exact) mass is 363 g/mol. The highest BCUT2D eigenvalue weighted by molar-refractivity contribution is 7.91. The number of hydrogen-bond acceptors (Lipinski definition) is 5. The Bertz CT molecular complexity index is 764. The highest BCUT2D eigenvalue weighted by Crippen LogP contribution is 2.47. The van der Waals surface area contributed by atoms with Crippen LogP contribution in [0, 0.1) is 17.8 Å². The van der Waals surface area contributed by atoms with Gasteiger partial charge in [0.25, 0.3) is 0 Å². The van der Waals surface area contributed by atoms with Crippen LogP contribution in [-0.2, 0) is 14.6 Å². The fraction of sp³-hybridized carbons (Fsp3) is 0.611. The van der Waals surface area contributed by atoms with E-state index in [2.05, 4.69) is 10.2 Å². The molecule has 2 aliphatic carbocycles. The molecule has 2 saturated carbocycles. The second-order valence-corrected chi connectivity index (χ2v) is 9.92. The number of fused-ring (bicyclic) bond motifs is 2. The van der Waals surface area contributed by atoms with E-state index in [1.54, 1.807) is 0 Å². The number of carbonyl (C=O) groups excluding carboxylic acids is 1. The van der Waals surface area contributed by atoms with Crippen molar-refractivity contribution in [1.82, 2.24) is 0 Å². The lowest BCUT2D eigenvalue weighted by Gasteiger charge is -2.29. The Kier molecular flexibility index (Phi) is 4.24. The molecule has 4 rings (SSSR count). The molecule has 2 bridgehead atoms. The third-order valence-electron chi connectivity index (χ3n) is 6.11. The summed E-state index contributed by atoms with van der Waals surface area (Å²) in [6.45, 7) is 0.994. The molecule has 0 radical (unpaired) electrons.